The molecule has 0 radical (unpaired) electrons. The van der Waals surface area contributed by atoms with Crippen LogP contribution in [0.2, 0.25) is 0 Å². The molecule has 6 nitrogen and oxygen atoms in total. The van der Waals surface area contributed by atoms with Crippen molar-refractivity contribution in [2.24, 2.45) is 11.8 Å². The van der Waals surface area contributed by atoms with Crippen LogP contribution in [0, 0.1) is 11.8 Å². The molecule has 0 spiro atoms. The molecule has 1 aliphatic carbocycles. The first kappa shape index (κ1) is 24.1. The Morgan fingerprint density at radius 2 is 1.47 bits per heavy atom. The number of benzene rings is 1. The van der Waals surface area contributed by atoms with E-state index in [0.717, 1.165) is 5.56 Å². The minimum atomic E-state index is -1.64. The van der Waals surface area contributed by atoms with Crippen LogP contribution in [-0.4, -0.2) is 40.6 Å². The summed E-state index contributed by atoms with van der Waals surface area (Å²) in [5.41, 5.74) is 0.0818. The zero-order chi connectivity index (χ0) is 22.8. The highest BCUT2D eigenvalue weighted by Crippen LogP contribution is 2.47. The molecule has 0 aliphatic heterocycles. The van der Waals surface area contributed by atoms with E-state index in [9.17, 15) is 19.5 Å². The molecule has 0 aromatic heterocycles. The van der Waals surface area contributed by atoms with Crippen molar-refractivity contribution in [3.8, 4) is 0 Å². The van der Waals surface area contributed by atoms with Gasteiger partial charge < -0.3 is 14.6 Å². The molecule has 1 fully saturated rings. The molecular formula is C24H34O6. The minimum absolute atomic E-state index is 0.304. The molecule has 1 aromatic carbocycles. The number of aliphatic hydroxyl groups is 1. The topological polar surface area (TPSA) is 89.9 Å². The Morgan fingerprint density at radius 1 is 0.967 bits per heavy atom. The van der Waals surface area contributed by atoms with Crippen LogP contribution in [0.15, 0.2) is 24.3 Å². The molecule has 1 N–H and O–H groups in total. The second-order valence-electron chi connectivity index (χ2n) is 9.27. The van der Waals surface area contributed by atoms with Crippen molar-refractivity contribution in [1.82, 2.24) is 0 Å². The fourth-order valence-electron chi connectivity index (χ4n) is 4.13. The Morgan fingerprint density at radius 3 is 1.93 bits per heavy atom. The predicted octanol–water partition coefficient (Wildman–Crippen LogP) is 3.75. The molecule has 2 rings (SSSR count). The van der Waals surface area contributed by atoms with Crippen molar-refractivity contribution in [2.45, 2.75) is 84.5 Å². The van der Waals surface area contributed by atoms with Crippen molar-refractivity contribution in [1.29, 1.82) is 0 Å². The number of hydrogen-bond donors (Lipinski definition) is 1. The largest absolute Gasteiger partial charge is 0.463 e. The fourth-order valence-corrected chi connectivity index (χ4v) is 4.13. The normalized spacial score (nSPS) is 26.9. The van der Waals surface area contributed by atoms with Crippen molar-refractivity contribution in [3.63, 3.8) is 0 Å². The van der Waals surface area contributed by atoms with Crippen molar-refractivity contribution >= 4 is 17.7 Å². The van der Waals surface area contributed by atoms with Gasteiger partial charge in [-0.25, -0.2) is 0 Å². The van der Waals surface area contributed by atoms with Crippen molar-refractivity contribution < 1.29 is 29.0 Å². The van der Waals surface area contributed by atoms with Gasteiger partial charge in [-0.2, -0.15) is 0 Å². The molecule has 166 valence electrons. The van der Waals surface area contributed by atoms with Crippen LogP contribution >= 0.6 is 0 Å². The molecule has 0 unspecified atom stereocenters. The number of ether oxygens (including phenoxy) is 2. The summed E-state index contributed by atoms with van der Waals surface area (Å²) in [5.74, 6) is -4.56. The quantitative estimate of drug-likeness (QED) is 0.559. The van der Waals surface area contributed by atoms with Crippen LogP contribution in [0.1, 0.15) is 77.8 Å². The molecule has 0 bridgehead atoms. The molecule has 0 amide bonds. The molecule has 0 saturated heterocycles. The van der Waals surface area contributed by atoms with E-state index in [1.165, 1.54) is 6.92 Å². The predicted molar refractivity (Wildman–Crippen MR) is 113 cm³/mol. The Balaban J connectivity index is 2.61. The lowest BCUT2D eigenvalue weighted by atomic mass is 9.61. The SMILES string of the molecule is CC(C)OC(=O)[C@@H]1C(=O)C[C@](C)(O)[C@H](C(=O)OC(C)C)[C@H]1c1ccc(C(C)C)cc1. The van der Waals surface area contributed by atoms with Gasteiger partial charge in [-0.1, -0.05) is 38.1 Å². The number of carbonyl (C=O) groups is 3. The number of Topliss-reactive ketones (excluding diaryl/α,β-unsaturated/α-hetero) is 1. The lowest BCUT2D eigenvalue weighted by molar-refractivity contribution is -0.176. The van der Waals surface area contributed by atoms with E-state index in [2.05, 4.69) is 13.8 Å². The molecule has 30 heavy (non-hydrogen) atoms. The smallest absolute Gasteiger partial charge is 0.317 e. The maximum absolute atomic E-state index is 13.0. The van der Waals surface area contributed by atoms with E-state index in [1.54, 1.807) is 27.7 Å². The third-order valence-corrected chi connectivity index (χ3v) is 5.47. The van der Waals surface area contributed by atoms with Crippen LogP contribution in [0.4, 0.5) is 0 Å². The zero-order valence-electron chi connectivity index (χ0n) is 19.0. The van der Waals surface area contributed by atoms with Crippen LogP contribution < -0.4 is 0 Å². The fraction of sp³-hybridized carbons (Fsp3) is 0.625. The second kappa shape index (κ2) is 9.29. The molecule has 0 heterocycles. The summed E-state index contributed by atoms with van der Waals surface area (Å²) in [6, 6.07) is 7.48. The summed E-state index contributed by atoms with van der Waals surface area (Å²) in [7, 11) is 0. The van der Waals surface area contributed by atoms with Gasteiger partial charge in [0.15, 0.2) is 5.78 Å². The van der Waals surface area contributed by atoms with Gasteiger partial charge in [0.2, 0.25) is 0 Å². The van der Waals surface area contributed by atoms with Gasteiger partial charge in [0.25, 0.3) is 0 Å². The summed E-state index contributed by atoms with van der Waals surface area (Å²) in [6.45, 7) is 12.4. The maximum Gasteiger partial charge on any atom is 0.317 e. The lowest BCUT2D eigenvalue weighted by Gasteiger charge is -2.44. The van der Waals surface area contributed by atoms with Gasteiger partial charge in [-0.05, 0) is 51.7 Å². The Labute approximate surface area is 179 Å². The molecule has 1 aliphatic rings. The maximum atomic E-state index is 13.0. The Hall–Kier alpha value is -2.21. The van der Waals surface area contributed by atoms with Crippen LogP contribution in [0.5, 0.6) is 0 Å². The van der Waals surface area contributed by atoms with E-state index >= 15 is 0 Å². The van der Waals surface area contributed by atoms with E-state index in [1.807, 2.05) is 24.3 Å². The third-order valence-electron chi connectivity index (χ3n) is 5.47. The average Bonchev–Trinajstić information content (AvgIpc) is 2.58. The van der Waals surface area contributed by atoms with Crippen LogP contribution in [0.3, 0.4) is 0 Å². The van der Waals surface area contributed by atoms with Crippen LogP contribution in [0.25, 0.3) is 0 Å². The van der Waals surface area contributed by atoms with E-state index < -0.39 is 53.3 Å². The Kier molecular flexibility index (Phi) is 7.45. The number of rotatable bonds is 6. The number of hydrogen-bond acceptors (Lipinski definition) is 6. The molecule has 1 saturated carbocycles. The summed E-state index contributed by atoms with van der Waals surface area (Å²) in [5, 5.41) is 11.1. The number of esters is 2. The minimum Gasteiger partial charge on any atom is -0.463 e. The first-order valence-electron chi connectivity index (χ1n) is 10.6. The van der Waals surface area contributed by atoms with Gasteiger partial charge >= 0.3 is 11.9 Å². The van der Waals surface area contributed by atoms with E-state index in [0.29, 0.717) is 11.5 Å². The highest BCUT2D eigenvalue weighted by molar-refractivity contribution is 6.02. The highest BCUT2D eigenvalue weighted by atomic mass is 16.5. The first-order valence-corrected chi connectivity index (χ1v) is 10.6. The second-order valence-corrected chi connectivity index (χ2v) is 9.27. The van der Waals surface area contributed by atoms with E-state index in [-0.39, 0.29) is 6.42 Å². The van der Waals surface area contributed by atoms with Crippen LogP contribution in [-0.2, 0) is 23.9 Å². The third kappa shape index (κ3) is 5.28. The van der Waals surface area contributed by atoms with E-state index in [4.69, 9.17) is 9.47 Å². The van der Waals surface area contributed by atoms with Crippen molar-refractivity contribution in [3.05, 3.63) is 35.4 Å². The highest BCUT2D eigenvalue weighted by Gasteiger charge is 2.57. The number of carbonyl (C=O) groups excluding carboxylic acids is 3. The first-order chi connectivity index (χ1) is 13.8. The average molecular weight is 419 g/mol. The van der Waals surface area contributed by atoms with Gasteiger partial charge in [0.1, 0.15) is 5.92 Å². The van der Waals surface area contributed by atoms with Gasteiger partial charge in [0, 0.05) is 12.3 Å². The summed E-state index contributed by atoms with van der Waals surface area (Å²) in [4.78, 5) is 38.9. The molecule has 6 heteroatoms. The lowest BCUT2D eigenvalue weighted by Crippen LogP contribution is -2.55. The molecule has 1 aromatic rings. The monoisotopic (exact) mass is 418 g/mol. The number of ketones is 1. The molecule has 4 atom stereocenters. The standard InChI is InChI=1S/C24H34O6/c1-13(2)16-8-10-17(11-9-16)19-20(22(26)29-14(3)4)18(25)12-24(7,28)21(19)23(27)30-15(5)6/h8-11,13-15,19-21,28H,12H2,1-7H3/t19-,20+,21-,24-/m0/s1. The van der Waals surface area contributed by atoms with Gasteiger partial charge in [-0.15, -0.1) is 0 Å². The van der Waals surface area contributed by atoms with Gasteiger partial charge in [-0.3, -0.25) is 14.4 Å². The summed E-state index contributed by atoms with van der Waals surface area (Å²) in [6.07, 6.45) is -1.11. The van der Waals surface area contributed by atoms with Crippen molar-refractivity contribution in [2.75, 3.05) is 0 Å². The summed E-state index contributed by atoms with van der Waals surface area (Å²) >= 11 is 0. The molecular weight excluding hydrogens is 384 g/mol. The Bertz CT molecular complexity index is 767. The van der Waals surface area contributed by atoms with Gasteiger partial charge in [0.05, 0.1) is 23.7 Å². The zero-order valence-corrected chi connectivity index (χ0v) is 19.0. The summed E-state index contributed by atoms with van der Waals surface area (Å²) < 4.78 is 10.8.